The van der Waals surface area contributed by atoms with Gasteiger partial charge in [-0.05, 0) is 64.7 Å². The molecule has 33 heavy (non-hydrogen) atoms. The zero-order valence-corrected chi connectivity index (χ0v) is 19.8. The van der Waals surface area contributed by atoms with Crippen LogP contribution in [0.2, 0.25) is 0 Å². The van der Waals surface area contributed by atoms with Crippen molar-refractivity contribution in [1.29, 1.82) is 0 Å². The third kappa shape index (κ3) is 6.44. The molecule has 0 radical (unpaired) electrons. The van der Waals surface area contributed by atoms with Crippen LogP contribution in [0.1, 0.15) is 52.0 Å². The molecular formula is C23H32N4O6. The highest BCUT2D eigenvalue weighted by atomic mass is 16.6. The lowest BCUT2D eigenvalue weighted by molar-refractivity contribution is -0.140. The lowest BCUT2D eigenvalue weighted by Gasteiger charge is -2.24. The van der Waals surface area contributed by atoms with Gasteiger partial charge in [0, 0.05) is 25.2 Å². The van der Waals surface area contributed by atoms with Gasteiger partial charge in [-0.1, -0.05) is 0 Å². The fourth-order valence-corrected chi connectivity index (χ4v) is 3.86. The van der Waals surface area contributed by atoms with Gasteiger partial charge in [-0.15, -0.1) is 0 Å². The summed E-state index contributed by atoms with van der Waals surface area (Å²) in [6, 6.07) is 3.50. The number of benzene rings is 1. The first-order chi connectivity index (χ1) is 15.6. The number of esters is 1. The van der Waals surface area contributed by atoms with Crippen LogP contribution < -0.4 is 16.3 Å². The number of anilines is 2. The van der Waals surface area contributed by atoms with Crippen molar-refractivity contribution in [2.45, 2.75) is 65.1 Å². The van der Waals surface area contributed by atoms with Gasteiger partial charge in [-0.3, -0.25) is 15.0 Å². The average molecular weight is 461 g/mol. The highest BCUT2D eigenvalue weighted by Crippen LogP contribution is 2.25. The van der Waals surface area contributed by atoms with E-state index in [1.807, 2.05) is 0 Å². The van der Waals surface area contributed by atoms with E-state index in [1.165, 1.54) is 7.11 Å². The smallest absolute Gasteiger partial charge is 0.412 e. The molecule has 1 aliphatic rings. The number of hydrogen-bond donors (Lipinski definition) is 2. The molecule has 2 heterocycles. The Labute approximate surface area is 192 Å². The summed E-state index contributed by atoms with van der Waals surface area (Å²) in [5.74, 6) is -0.225. The summed E-state index contributed by atoms with van der Waals surface area (Å²) in [5.41, 5.74) is 0.304. The number of fused-ring (bicyclic) bond motifs is 1. The molecule has 10 heteroatoms. The van der Waals surface area contributed by atoms with Crippen LogP contribution >= 0.6 is 0 Å². The highest BCUT2D eigenvalue weighted by Gasteiger charge is 2.26. The minimum atomic E-state index is -0.635. The Hall–Kier alpha value is -3.14. The van der Waals surface area contributed by atoms with Crippen molar-refractivity contribution in [2.75, 3.05) is 30.8 Å². The number of aryl methyl sites for hydroxylation is 1. The predicted octanol–water partition coefficient (Wildman–Crippen LogP) is 3.63. The Morgan fingerprint density at radius 3 is 2.76 bits per heavy atom. The molecule has 1 fully saturated rings. The van der Waals surface area contributed by atoms with Crippen molar-refractivity contribution in [2.24, 2.45) is 0 Å². The number of ether oxygens (including phenoxy) is 2. The third-order valence-corrected chi connectivity index (χ3v) is 5.40. The SMILES string of the molecule is COC(=O)CCCN1CCCC1Nc1nc2ccc(NC(=O)OC(C)(C)C)c(C)c2c(=O)o1. The molecule has 1 saturated heterocycles. The molecule has 1 aliphatic heterocycles. The van der Waals surface area contributed by atoms with E-state index in [0.29, 0.717) is 35.0 Å². The first-order valence-corrected chi connectivity index (χ1v) is 11.1. The van der Waals surface area contributed by atoms with Crippen molar-refractivity contribution < 1.29 is 23.5 Å². The molecule has 2 N–H and O–H groups in total. The van der Waals surface area contributed by atoms with Gasteiger partial charge < -0.3 is 19.2 Å². The molecule has 3 rings (SSSR count). The number of nitrogens with zero attached hydrogens (tertiary/aromatic N) is 2. The van der Waals surface area contributed by atoms with Gasteiger partial charge in [0.15, 0.2) is 0 Å². The third-order valence-electron chi connectivity index (χ3n) is 5.40. The summed E-state index contributed by atoms with van der Waals surface area (Å²) in [6.07, 6.45) is 2.28. The van der Waals surface area contributed by atoms with E-state index in [-0.39, 0.29) is 18.1 Å². The fraction of sp³-hybridized carbons (Fsp3) is 0.565. The summed E-state index contributed by atoms with van der Waals surface area (Å²) in [6.45, 7) is 8.66. The van der Waals surface area contributed by atoms with E-state index < -0.39 is 17.3 Å². The fourth-order valence-electron chi connectivity index (χ4n) is 3.86. The second-order valence-corrected chi connectivity index (χ2v) is 9.08. The van der Waals surface area contributed by atoms with Gasteiger partial charge in [0.2, 0.25) is 0 Å². The summed E-state index contributed by atoms with van der Waals surface area (Å²) in [5, 5.41) is 6.18. The van der Waals surface area contributed by atoms with Crippen LogP contribution in [0.3, 0.4) is 0 Å². The minimum Gasteiger partial charge on any atom is -0.469 e. The Kier molecular flexibility index (Phi) is 7.57. The molecule has 0 bridgehead atoms. The van der Waals surface area contributed by atoms with E-state index in [9.17, 15) is 14.4 Å². The number of rotatable bonds is 7. The monoisotopic (exact) mass is 460 g/mol. The lowest BCUT2D eigenvalue weighted by atomic mass is 10.1. The van der Waals surface area contributed by atoms with Crippen LogP contribution in [-0.4, -0.2) is 53.9 Å². The van der Waals surface area contributed by atoms with Gasteiger partial charge in [0.25, 0.3) is 6.01 Å². The topological polar surface area (TPSA) is 123 Å². The van der Waals surface area contributed by atoms with E-state index in [0.717, 1.165) is 25.9 Å². The quantitative estimate of drug-likeness (QED) is 0.596. The number of carbonyl (C=O) groups excluding carboxylic acids is 2. The van der Waals surface area contributed by atoms with E-state index >= 15 is 0 Å². The first kappa shape index (κ1) is 24.5. The standard InChI is InChI=1S/C23H32N4O6/c1-14-15(25-22(30)33-23(2,3)4)10-11-16-19(14)20(29)32-21(24-16)26-17-8-6-12-27(17)13-7-9-18(28)31-5/h10-11,17H,6-9,12-13H2,1-5H3,(H,24,26)(H,25,30). The van der Waals surface area contributed by atoms with Crippen LogP contribution in [-0.2, 0) is 14.3 Å². The van der Waals surface area contributed by atoms with Crippen molar-refractivity contribution >= 4 is 34.7 Å². The first-order valence-electron chi connectivity index (χ1n) is 11.1. The number of carbonyl (C=O) groups is 2. The molecule has 1 unspecified atom stereocenters. The lowest BCUT2D eigenvalue weighted by Crippen LogP contribution is -2.37. The number of likely N-dealkylation sites (tertiary alicyclic amines) is 1. The van der Waals surface area contributed by atoms with Crippen LogP contribution in [0, 0.1) is 6.92 Å². The van der Waals surface area contributed by atoms with Gasteiger partial charge in [-0.2, -0.15) is 4.98 Å². The maximum absolute atomic E-state index is 12.8. The van der Waals surface area contributed by atoms with Crippen molar-refractivity contribution in [3.8, 4) is 0 Å². The second kappa shape index (κ2) is 10.2. The van der Waals surface area contributed by atoms with E-state index in [1.54, 1.807) is 39.8 Å². The molecule has 180 valence electrons. The van der Waals surface area contributed by atoms with Gasteiger partial charge in [0.05, 0.1) is 24.2 Å². The molecule has 1 atom stereocenters. The Morgan fingerprint density at radius 2 is 2.06 bits per heavy atom. The molecule has 1 aromatic carbocycles. The van der Waals surface area contributed by atoms with E-state index in [2.05, 4.69) is 25.3 Å². The highest BCUT2D eigenvalue weighted by molar-refractivity contribution is 5.93. The summed E-state index contributed by atoms with van der Waals surface area (Å²) >= 11 is 0. The van der Waals surface area contributed by atoms with Gasteiger partial charge in [-0.25, -0.2) is 9.59 Å². The predicted molar refractivity (Wildman–Crippen MR) is 124 cm³/mol. The normalized spacial score (nSPS) is 16.6. The minimum absolute atomic E-state index is 0.0371. The number of methoxy groups -OCH3 is 1. The van der Waals surface area contributed by atoms with Crippen LogP contribution in [0.5, 0.6) is 0 Å². The Bertz CT molecular complexity index is 1080. The van der Waals surface area contributed by atoms with Crippen LogP contribution in [0.25, 0.3) is 10.9 Å². The maximum atomic E-state index is 12.8. The van der Waals surface area contributed by atoms with E-state index in [4.69, 9.17) is 9.15 Å². The molecule has 10 nitrogen and oxygen atoms in total. The van der Waals surface area contributed by atoms with Crippen molar-refractivity contribution in [1.82, 2.24) is 9.88 Å². The van der Waals surface area contributed by atoms with Gasteiger partial charge >= 0.3 is 17.7 Å². The molecule has 0 spiro atoms. The summed E-state index contributed by atoms with van der Waals surface area (Å²) < 4.78 is 15.4. The van der Waals surface area contributed by atoms with Crippen molar-refractivity contribution in [3.05, 3.63) is 28.1 Å². The Morgan fingerprint density at radius 1 is 1.30 bits per heavy atom. The van der Waals surface area contributed by atoms with Crippen LogP contribution in [0.4, 0.5) is 16.5 Å². The molecule has 0 saturated carbocycles. The molecule has 0 aliphatic carbocycles. The zero-order valence-electron chi connectivity index (χ0n) is 19.8. The molecule has 2 aromatic rings. The number of aromatic nitrogens is 1. The molecule has 1 aromatic heterocycles. The van der Waals surface area contributed by atoms with Crippen molar-refractivity contribution in [3.63, 3.8) is 0 Å². The molecule has 1 amide bonds. The summed E-state index contributed by atoms with van der Waals surface area (Å²) in [4.78, 5) is 42.9. The molecular weight excluding hydrogens is 428 g/mol. The van der Waals surface area contributed by atoms with Crippen LogP contribution in [0.15, 0.2) is 21.3 Å². The summed E-state index contributed by atoms with van der Waals surface area (Å²) in [7, 11) is 1.38. The van der Waals surface area contributed by atoms with Gasteiger partial charge in [0.1, 0.15) is 5.60 Å². The Balaban J connectivity index is 1.73. The number of hydrogen-bond acceptors (Lipinski definition) is 9. The second-order valence-electron chi connectivity index (χ2n) is 9.08. The number of amides is 1. The zero-order chi connectivity index (χ0) is 24.2. The largest absolute Gasteiger partial charge is 0.469 e. The number of nitrogens with one attached hydrogen (secondary N) is 2. The maximum Gasteiger partial charge on any atom is 0.412 e. The average Bonchev–Trinajstić information content (AvgIpc) is 3.15.